The molecule has 41 heavy (non-hydrogen) atoms. The summed E-state index contributed by atoms with van der Waals surface area (Å²) in [5.74, 6) is 1.32. The lowest BCUT2D eigenvalue weighted by atomic mass is 9.98. The predicted molar refractivity (Wildman–Crippen MR) is 158 cm³/mol. The van der Waals surface area contributed by atoms with Crippen LogP contribution in [0.2, 0.25) is 0 Å². The Morgan fingerprint density at radius 1 is 1.15 bits per heavy atom. The predicted octanol–water partition coefficient (Wildman–Crippen LogP) is 5.82. The normalized spacial score (nSPS) is 20.6. The number of carbonyl (C=O) groups is 2. The van der Waals surface area contributed by atoms with E-state index in [0.29, 0.717) is 18.9 Å². The highest BCUT2D eigenvalue weighted by Crippen LogP contribution is 2.33. The molecule has 0 radical (unpaired) electrons. The third kappa shape index (κ3) is 7.06. The Bertz CT molecular complexity index is 1330. The number of pyridine rings is 1. The van der Waals surface area contributed by atoms with Crippen LogP contribution >= 0.6 is 0 Å². The van der Waals surface area contributed by atoms with Gasteiger partial charge in [-0.15, -0.1) is 0 Å². The second-order valence-electron chi connectivity index (χ2n) is 11.1. The van der Waals surface area contributed by atoms with Crippen LogP contribution in [0.5, 0.6) is 5.88 Å². The van der Waals surface area contributed by atoms with Crippen molar-refractivity contribution in [2.45, 2.75) is 65.1 Å². The van der Waals surface area contributed by atoms with Gasteiger partial charge >= 0.3 is 6.09 Å². The fourth-order valence-electron chi connectivity index (χ4n) is 5.51. The molecule has 3 aliphatic rings. The van der Waals surface area contributed by atoms with Crippen LogP contribution in [-0.2, 0) is 16.1 Å². The summed E-state index contributed by atoms with van der Waals surface area (Å²) in [5, 5.41) is 2.97. The van der Waals surface area contributed by atoms with Crippen LogP contribution in [0.1, 0.15) is 62.4 Å². The van der Waals surface area contributed by atoms with Crippen LogP contribution in [0.4, 0.5) is 4.79 Å². The molecule has 0 bridgehead atoms. The van der Waals surface area contributed by atoms with E-state index in [1.807, 2.05) is 74.2 Å². The number of rotatable bonds is 9. The number of cyclic esters (lactones) is 1. The summed E-state index contributed by atoms with van der Waals surface area (Å²) in [4.78, 5) is 33.9. The number of piperidine rings is 1. The number of nitrogens with zero attached hydrogens (tertiary/aromatic N) is 3. The monoisotopic (exact) mass is 556 g/mol. The van der Waals surface area contributed by atoms with E-state index in [1.54, 1.807) is 0 Å². The molecule has 2 saturated heterocycles. The van der Waals surface area contributed by atoms with E-state index in [1.165, 1.54) is 5.56 Å². The number of amides is 2. The standard InChI is InChI=1S/C33H40N4O4/c1-4-23(2)32(38)35-27-11-8-12-29(15-14-27)41-31-16-13-26(24(3)34-31)21-36-19-17-28(18-20-36)37-30(22-40-33(37)39)25-9-6-5-7-10-25/h5-11,13-16,23,28,30H,4,12,17-22H2,1-3H3,(H,35,38)/t23?,30-/m0/s1. The summed E-state index contributed by atoms with van der Waals surface area (Å²) in [6, 6.07) is 14.4. The number of likely N-dealkylation sites (tertiary alicyclic amines) is 1. The Labute approximate surface area is 242 Å². The van der Waals surface area contributed by atoms with Gasteiger partial charge in [-0.2, -0.15) is 0 Å². The molecule has 2 atom stereocenters. The zero-order valence-corrected chi connectivity index (χ0v) is 24.2. The van der Waals surface area contributed by atoms with Gasteiger partial charge in [0.05, 0.1) is 6.04 Å². The van der Waals surface area contributed by atoms with Crippen LogP contribution in [0, 0.1) is 12.8 Å². The summed E-state index contributed by atoms with van der Waals surface area (Å²) in [5.41, 5.74) is 4.00. The minimum absolute atomic E-state index is 0.0103. The van der Waals surface area contributed by atoms with Crippen molar-refractivity contribution in [2.75, 3.05) is 19.7 Å². The quantitative estimate of drug-likeness (QED) is 0.419. The second kappa shape index (κ2) is 13.2. The molecular formula is C33H40N4O4. The summed E-state index contributed by atoms with van der Waals surface area (Å²) >= 11 is 0. The molecule has 1 aromatic heterocycles. The number of aryl methyl sites for hydroxylation is 1. The minimum atomic E-state index is -0.199. The van der Waals surface area contributed by atoms with E-state index < -0.39 is 0 Å². The van der Waals surface area contributed by atoms with E-state index in [4.69, 9.17) is 14.5 Å². The van der Waals surface area contributed by atoms with Crippen LogP contribution in [0.3, 0.4) is 0 Å². The minimum Gasteiger partial charge on any atom is -0.447 e. The van der Waals surface area contributed by atoms with Crippen molar-refractivity contribution in [1.29, 1.82) is 0 Å². The van der Waals surface area contributed by atoms with E-state index in [9.17, 15) is 9.59 Å². The van der Waals surface area contributed by atoms with Crippen molar-refractivity contribution < 1.29 is 19.1 Å². The summed E-state index contributed by atoms with van der Waals surface area (Å²) < 4.78 is 11.5. The number of allylic oxidation sites excluding steroid dienone is 4. The van der Waals surface area contributed by atoms with Gasteiger partial charge in [-0.05, 0) is 55.5 Å². The van der Waals surface area contributed by atoms with Crippen molar-refractivity contribution in [3.05, 3.63) is 95.0 Å². The zero-order valence-electron chi connectivity index (χ0n) is 24.2. The molecular weight excluding hydrogens is 516 g/mol. The maximum Gasteiger partial charge on any atom is 0.410 e. The van der Waals surface area contributed by atoms with E-state index in [2.05, 4.69) is 28.4 Å². The van der Waals surface area contributed by atoms with Crippen molar-refractivity contribution in [3.63, 3.8) is 0 Å². The zero-order chi connectivity index (χ0) is 28.8. The molecule has 1 aliphatic carbocycles. The van der Waals surface area contributed by atoms with Crippen molar-refractivity contribution in [1.82, 2.24) is 20.1 Å². The van der Waals surface area contributed by atoms with Gasteiger partial charge in [-0.3, -0.25) is 14.6 Å². The highest BCUT2D eigenvalue weighted by molar-refractivity contribution is 5.80. The largest absolute Gasteiger partial charge is 0.447 e. The van der Waals surface area contributed by atoms with Gasteiger partial charge in [0, 0.05) is 55.5 Å². The first-order chi connectivity index (χ1) is 19.9. The molecule has 2 aromatic rings. The molecule has 8 nitrogen and oxygen atoms in total. The molecule has 2 aliphatic heterocycles. The van der Waals surface area contributed by atoms with Gasteiger partial charge in [0.1, 0.15) is 12.4 Å². The number of ether oxygens (including phenoxy) is 2. The maximum atomic E-state index is 12.6. The Kier molecular flexibility index (Phi) is 9.19. The van der Waals surface area contributed by atoms with Gasteiger partial charge in [0.25, 0.3) is 0 Å². The molecule has 2 fully saturated rings. The fraction of sp³-hybridized carbons (Fsp3) is 0.424. The number of benzene rings is 1. The molecule has 0 saturated carbocycles. The summed E-state index contributed by atoms with van der Waals surface area (Å²) in [6.07, 6.45) is 10.7. The van der Waals surface area contributed by atoms with Crippen molar-refractivity contribution in [2.24, 2.45) is 5.92 Å². The average molecular weight is 557 g/mol. The third-order valence-electron chi connectivity index (χ3n) is 8.24. The van der Waals surface area contributed by atoms with E-state index >= 15 is 0 Å². The molecule has 1 aromatic carbocycles. The number of hydrogen-bond donors (Lipinski definition) is 1. The molecule has 8 heteroatoms. The molecule has 5 rings (SSSR count). The lowest BCUT2D eigenvalue weighted by Gasteiger charge is -2.38. The Hall–Kier alpha value is -3.91. The van der Waals surface area contributed by atoms with Crippen LogP contribution < -0.4 is 10.1 Å². The smallest absolute Gasteiger partial charge is 0.410 e. The Morgan fingerprint density at radius 2 is 1.93 bits per heavy atom. The first-order valence-corrected chi connectivity index (χ1v) is 14.7. The highest BCUT2D eigenvalue weighted by atomic mass is 16.6. The number of hydrogen-bond acceptors (Lipinski definition) is 6. The molecule has 0 spiro atoms. The van der Waals surface area contributed by atoms with Gasteiger partial charge < -0.3 is 14.8 Å². The lowest BCUT2D eigenvalue weighted by Crippen LogP contribution is -2.46. The summed E-state index contributed by atoms with van der Waals surface area (Å²) in [7, 11) is 0. The van der Waals surface area contributed by atoms with Crippen LogP contribution in [-0.4, -0.2) is 52.5 Å². The van der Waals surface area contributed by atoms with Gasteiger partial charge in [-0.1, -0.05) is 56.3 Å². The molecule has 1 unspecified atom stereocenters. The molecule has 2 amide bonds. The highest BCUT2D eigenvalue weighted by Gasteiger charge is 2.40. The van der Waals surface area contributed by atoms with Gasteiger partial charge in [-0.25, -0.2) is 9.78 Å². The lowest BCUT2D eigenvalue weighted by molar-refractivity contribution is -0.123. The topological polar surface area (TPSA) is 84.0 Å². The van der Waals surface area contributed by atoms with Crippen LogP contribution in [0.15, 0.2) is 78.2 Å². The third-order valence-corrected chi connectivity index (χ3v) is 8.24. The molecule has 3 heterocycles. The van der Waals surface area contributed by atoms with Gasteiger partial charge in [0.2, 0.25) is 11.8 Å². The van der Waals surface area contributed by atoms with E-state index in [-0.39, 0.29) is 30.0 Å². The first kappa shape index (κ1) is 28.6. The first-order valence-electron chi connectivity index (χ1n) is 14.7. The van der Waals surface area contributed by atoms with E-state index in [0.717, 1.165) is 61.6 Å². The summed E-state index contributed by atoms with van der Waals surface area (Å²) in [6.45, 7) is 9.00. The molecule has 216 valence electrons. The van der Waals surface area contributed by atoms with Crippen LogP contribution in [0.25, 0.3) is 0 Å². The maximum absolute atomic E-state index is 12.6. The number of nitrogens with one attached hydrogen (secondary N) is 1. The SMILES string of the molecule is CCC(C)C(=O)NC1=CC=C(Oc2ccc(CN3CCC(N4C(=O)OC[C@H]4c4ccccc4)CC3)c(C)n2)CC=C1. The molecule has 1 N–H and O–H groups in total. The number of aromatic nitrogens is 1. The van der Waals surface area contributed by atoms with Gasteiger partial charge in [0.15, 0.2) is 0 Å². The Balaban J connectivity index is 1.15. The number of carbonyl (C=O) groups excluding carboxylic acids is 2. The van der Waals surface area contributed by atoms with Crippen molar-refractivity contribution in [3.8, 4) is 5.88 Å². The fourth-order valence-corrected chi connectivity index (χ4v) is 5.51. The average Bonchev–Trinajstić information content (AvgIpc) is 3.24. The van der Waals surface area contributed by atoms with Crippen molar-refractivity contribution >= 4 is 12.0 Å². The second-order valence-corrected chi connectivity index (χ2v) is 11.1. The Morgan fingerprint density at radius 3 is 2.66 bits per heavy atom.